The lowest BCUT2D eigenvalue weighted by atomic mass is 9.99. The zero-order chi connectivity index (χ0) is 11.5. The molecule has 2 rings (SSSR count). The summed E-state index contributed by atoms with van der Waals surface area (Å²) < 4.78 is 5.40. The van der Waals surface area contributed by atoms with Gasteiger partial charge in [0, 0.05) is 50.8 Å². The van der Waals surface area contributed by atoms with Crippen molar-refractivity contribution >= 4 is 0 Å². The molecule has 2 fully saturated rings. The number of piperazine rings is 1. The number of nitrogens with two attached hydrogens (primary N) is 1. The van der Waals surface area contributed by atoms with Gasteiger partial charge in [-0.25, -0.2) is 0 Å². The number of nitrogens with zero attached hydrogens (tertiary/aromatic N) is 2. The summed E-state index contributed by atoms with van der Waals surface area (Å²) in [5, 5.41) is 0. The van der Waals surface area contributed by atoms with E-state index in [1.54, 1.807) is 0 Å². The minimum Gasteiger partial charge on any atom is -0.381 e. The second kappa shape index (κ2) is 5.45. The van der Waals surface area contributed by atoms with Crippen LogP contribution in [0.3, 0.4) is 0 Å². The summed E-state index contributed by atoms with van der Waals surface area (Å²) in [4.78, 5) is 4.92. The van der Waals surface area contributed by atoms with Crippen molar-refractivity contribution in [3.63, 3.8) is 0 Å². The van der Waals surface area contributed by atoms with Gasteiger partial charge in [-0.3, -0.25) is 4.90 Å². The first kappa shape index (κ1) is 12.3. The Balaban J connectivity index is 1.76. The van der Waals surface area contributed by atoms with E-state index in [2.05, 4.69) is 23.8 Å². The van der Waals surface area contributed by atoms with Crippen molar-refractivity contribution in [1.29, 1.82) is 0 Å². The average Bonchev–Trinajstić information content (AvgIpc) is 2.77. The highest BCUT2D eigenvalue weighted by Crippen LogP contribution is 2.17. The van der Waals surface area contributed by atoms with Crippen molar-refractivity contribution < 1.29 is 4.74 Å². The monoisotopic (exact) mass is 227 g/mol. The standard InChI is InChI=1S/C12H25N3O/c1-10-7-15(5-4-14(10)2)8-12(13)11-3-6-16-9-11/h10-12H,3-9,13H2,1-2H3. The van der Waals surface area contributed by atoms with Crippen LogP contribution in [0.15, 0.2) is 0 Å². The molecule has 16 heavy (non-hydrogen) atoms. The van der Waals surface area contributed by atoms with Gasteiger partial charge in [0.15, 0.2) is 0 Å². The van der Waals surface area contributed by atoms with E-state index >= 15 is 0 Å². The van der Waals surface area contributed by atoms with E-state index in [1.807, 2.05) is 0 Å². The number of rotatable bonds is 3. The molecular weight excluding hydrogens is 202 g/mol. The smallest absolute Gasteiger partial charge is 0.0510 e. The van der Waals surface area contributed by atoms with Crippen LogP contribution in [-0.4, -0.2) is 68.3 Å². The Hall–Kier alpha value is -0.160. The van der Waals surface area contributed by atoms with Gasteiger partial charge in [0.2, 0.25) is 0 Å². The van der Waals surface area contributed by atoms with E-state index < -0.39 is 0 Å². The van der Waals surface area contributed by atoms with Crippen molar-refractivity contribution in [3.8, 4) is 0 Å². The van der Waals surface area contributed by atoms with E-state index in [9.17, 15) is 0 Å². The lowest BCUT2D eigenvalue weighted by Crippen LogP contribution is -2.53. The van der Waals surface area contributed by atoms with Crippen LogP contribution in [0.5, 0.6) is 0 Å². The summed E-state index contributed by atoms with van der Waals surface area (Å²) in [5.41, 5.74) is 6.25. The Bertz CT molecular complexity index is 218. The van der Waals surface area contributed by atoms with E-state index in [-0.39, 0.29) is 6.04 Å². The fraction of sp³-hybridized carbons (Fsp3) is 1.00. The number of hydrogen-bond donors (Lipinski definition) is 1. The zero-order valence-corrected chi connectivity index (χ0v) is 10.6. The second-order valence-electron chi connectivity index (χ2n) is 5.38. The number of likely N-dealkylation sites (N-methyl/N-ethyl adjacent to an activating group) is 1. The number of hydrogen-bond acceptors (Lipinski definition) is 4. The summed E-state index contributed by atoms with van der Waals surface area (Å²) in [6.07, 6.45) is 1.14. The molecule has 0 amide bonds. The molecule has 3 atom stereocenters. The Morgan fingerprint density at radius 2 is 2.25 bits per heavy atom. The highest BCUT2D eigenvalue weighted by Gasteiger charge is 2.27. The predicted molar refractivity (Wildman–Crippen MR) is 65.4 cm³/mol. The molecule has 3 unspecified atom stereocenters. The molecule has 94 valence electrons. The number of ether oxygens (including phenoxy) is 1. The van der Waals surface area contributed by atoms with Crippen LogP contribution in [0.25, 0.3) is 0 Å². The molecule has 2 heterocycles. The van der Waals surface area contributed by atoms with E-state index in [4.69, 9.17) is 10.5 Å². The molecule has 2 N–H and O–H groups in total. The van der Waals surface area contributed by atoms with Crippen LogP contribution >= 0.6 is 0 Å². The normalized spacial score (nSPS) is 35.4. The molecule has 2 aliphatic heterocycles. The molecular formula is C12H25N3O. The Kier molecular flexibility index (Phi) is 4.19. The predicted octanol–water partition coefficient (Wildman–Crippen LogP) is -0.0139. The van der Waals surface area contributed by atoms with Crippen molar-refractivity contribution in [3.05, 3.63) is 0 Å². The van der Waals surface area contributed by atoms with Crippen LogP contribution in [0.1, 0.15) is 13.3 Å². The Labute approximate surface area is 98.7 Å². The van der Waals surface area contributed by atoms with Crippen LogP contribution in [-0.2, 0) is 4.74 Å². The summed E-state index contributed by atoms with van der Waals surface area (Å²) in [6, 6.07) is 0.943. The van der Waals surface area contributed by atoms with Gasteiger partial charge in [0.05, 0.1) is 6.61 Å². The van der Waals surface area contributed by atoms with Gasteiger partial charge in [-0.15, -0.1) is 0 Å². The lowest BCUT2D eigenvalue weighted by molar-refractivity contribution is 0.0926. The SMILES string of the molecule is CC1CN(CC(N)C2CCOC2)CCN1C. The molecule has 0 aromatic heterocycles. The first-order chi connectivity index (χ1) is 7.66. The van der Waals surface area contributed by atoms with Gasteiger partial charge >= 0.3 is 0 Å². The van der Waals surface area contributed by atoms with Crippen LogP contribution in [0.2, 0.25) is 0 Å². The summed E-state index contributed by atoms with van der Waals surface area (Å²) in [7, 11) is 2.20. The maximum absolute atomic E-state index is 6.25. The first-order valence-electron chi connectivity index (χ1n) is 6.42. The molecule has 4 heteroatoms. The minimum absolute atomic E-state index is 0.290. The molecule has 2 saturated heterocycles. The Morgan fingerprint density at radius 1 is 1.44 bits per heavy atom. The van der Waals surface area contributed by atoms with Gasteiger partial charge < -0.3 is 15.4 Å². The van der Waals surface area contributed by atoms with Crippen LogP contribution < -0.4 is 5.73 Å². The van der Waals surface area contributed by atoms with Gasteiger partial charge in [-0.1, -0.05) is 0 Å². The first-order valence-corrected chi connectivity index (χ1v) is 6.42. The zero-order valence-electron chi connectivity index (χ0n) is 10.6. The second-order valence-corrected chi connectivity index (χ2v) is 5.38. The highest BCUT2D eigenvalue weighted by atomic mass is 16.5. The minimum atomic E-state index is 0.290. The quantitative estimate of drug-likeness (QED) is 0.736. The Morgan fingerprint density at radius 3 is 2.88 bits per heavy atom. The van der Waals surface area contributed by atoms with Gasteiger partial charge in [-0.2, -0.15) is 0 Å². The van der Waals surface area contributed by atoms with E-state index in [0.29, 0.717) is 12.0 Å². The third kappa shape index (κ3) is 2.94. The fourth-order valence-corrected chi connectivity index (χ4v) is 2.63. The molecule has 0 bridgehead atoms. The summed E-state index contributed by atoms with van der Waals surface area (Å²) in [5.74, 6) is 0.579. The highest BCUT2D eigenvalue weighted by molar-refractivity contribution is 4.83. The summed E-state index contributed by atoms with van der Waals surface area (Å²) in [6.45, 7) is 8.56. The molecule has 0 spiro atoms. The topological polar surface area (TPSA) is 41.7 Å². The molecule has 4 nitrogen and oxygen atoms in total. The molecule has 0 aromatic carbocycles. The summed E-state index contributed by atoms with van der Waals surface area (Å²) >= 11 is 0. The third-order valence-electron chi connectivity index (χ3n) is 4.08. The maximum Gasteiger partial charge on any atom is 0.0510 e. The van der Waals surface area contributed by atoms with Crippen molar-refractivity contribution in [2.24, 2.45) is 11.7 Å². The van der Waals surface area contributed by atoms with Crippen molar-refractivity contribution in [1.82, 2.24) is 9.80 Å². The van der Waals surface area contributed by atoms with E-state index in [1.165, 1.54) is 0 Å². The van der Waals surface area contributed by atoms with Gasteiger partial charge in [-0.05, 0) is 20.4 Å². The molecule has 0 saturated carbocycles. The molecule has 0 radical (unpaired) electrons. The van der Waals surface area contributed by atoms with Crippen molar-refractivity contribution in [2.75, 3.05) is 46.4 Å². The average molecular weight is 227 g/mol. The third-order valence-corrected chi connectivity index (χ3v) is 4.08. The van der Waals surface area contributed by atoms with Crippen molar-refractivity contribution in [2.45, 2.75) is 25.4 Å². The molecule has 2 aliphatic rings. The molecule has 0 aliphatic carbocycles. The van der Waals surface area contributed by atoms with Crippen LogP contribution in [0, 0.1) is 5.92 Å². The fourth-order valence-electron chi connectivity index (χ4n) is 2.63. The molecule has 0 aromatic rings. The van der Waals surface area contributed by atoms with E-state index in [0.717, 1.165) is 45.8 Å². The van der Waals surface area contributed by atoms with Crippen LogP contribution in [0.4, 0.5) is 0 Å². The lowest BCUT2D eigenvalue weighted by Gasteiger charge is -2.39. The maximum atomic E-state index is 6.25. The largest absolute Gasteiger partial charge is 0.381 e. The van der Waals surface area contributed by atoms with Gasteiger partial charge in [0.1, 0.15) is 0 Å². The van der Waals surface area contributed by atoms with Gasteiger partial charge in [0.25, 0.3) is 0 Å².